The Kier molecular flexibility index (Phi) is 5.26. The maximum Gasteiger partial charge on any atom is 0.0366 e. The van der Waals surface area contributed by atoms with E-state index in [1.165, 1.54) is 44.2 Å². The molecule has 0 saturated heterocycles. The summed E-state index contributed by atoms with van der Waals surface area (Å²) in [7, 11) is 2.14. The van der Waals surface area contributed by atoms with Crippen molar-refractivity contribution in [1.82, 2.24) is 5.32 Å². The minimum absolute atomic E-state index is 0.389. The van der Waals surface area contributed by atoms with Crippen LogP contribution in [0.5, 0.6) is 0 Å². The van der Waals surface area contributed by atoms with Gasteiger partial charge in [0.15, 0.2) is 0 Å². The number of para-hydroxylation sites is 1. The van der Waals surface area contributed by atoms with Gasteiger partial charge >= 0.3 is 0 Å². The standard InChI is InChI=1S/C17H28N2/c1-3-19(16-10-6-4-7-11-16)15-14-17(18-2)12-8-5-9-13-17/h4,6-7,10-11,18H,3,5,8-9,12-15H2,1-2H3. The normalized spacial score (nSPS) is 18.2. The summed E-state index contributed by atoms with van der Waals surface area (Å²) in [5.41, 5.74) is 1.74. The summed E-state index contributed by atoms with van der Waals surface area (Å²) in [6.07, 6.45) is 8.13. The maximum absolute atomic E-state index is 3.62. The highest BCUT2D eigenvalue weighted by atomic mass is 15.1. The van der Waals surface area contributed by atoms with Crippen molar-refractivity contribution in [2.75, 3.05) is 25.0 Å². The number of nitrogens with zero attached hydrogens (tertiary/aromatic N) is 1. The number of anilines is 1. The van der Waals surface area contributed by atoms with Crippen LogP contribution in [0.1, 0.15) is 45.4 Å². The van der Waals surface area contributed by atoms with Crippen molar-refractivity contribution in [2.45, 2.75) is 51.0 Å². The molecule has 1 saturated carbocycles. The molecule has 0 atom stereocenters. The van der Waals surface area contributed by atoms with Crippen molar-refractivity contribution in [3.05, 3.63) is 30.3 Å². The Morgan fingerprint density at radius 2 is 1.79 bits per heavy atom. The Hall–Kier alpha value is -1.02. The summed E-state index contributed by atoms with van der Waals surface area (Å²) in [5.74, 6) is 0. The van der Waals surface area contributed by atoms with E-state index in [0.717, 1.165) is 13.1 Å². The highest BCUT2D eigenvalue weighted by Gasteiger charge is 2.30. The Morgan fingerprint density at radius 1 is 1.11 bits per heavy atom. The molecular formula is C17H28N2. The number of hydrogen-bond donors (Lipinski definition) is 1. The second-order valence-electron chi connectivity index (χ2n) is 5.76. The molecule has 1 aromatic carbocycles. The largest absolute Gasteiger partial charge is 0.372 e. The molecule has 0 aromatic heterocycles. The summed E-state index contributed by atoms with van der Waals surface area (Å²) in [5, 5.41) is 3.62. The molecule has 1 fully saturated rings. The Labute approximate surface area is 118 Å². The lowest BCUT2D eigenvalue weighted by molar-refractivity contribution is 0.232. The minimum atomic E-state index is 0.389. The third kappa shape index (κ3) is 3.73. The molecule has 19 heavy (non-hydrogen) atoms. The zero-order valence-electron chi connectivity index (χ0n) is 12.5. The van der Waals surface area contributed by atoms with E-state index in [0.29, 0.717) is 5.54 Å². The quantitative estimate of drug-likeness (QED) is 0.836. The lowest BCUT2D eigenvalue weighted by Gasteiger charge is -2.39. The lowest BCUT2D eigenvalue weighted by atomic mass is 9.79. The van der Waals surface area contributed by atoms with Gasteiger partial charge in [0.05, 0.1) is 0 Å². The number of hydrogen-bond acceptors (Lipinski definition) is 2. The molecular weight excluding hydrogens is 232 g/mol. The molecule has 1 N–H and O–H groups in total. The van der Waals surface area contributed by atoms with Gasteiger partial charge in [-0.25, -0.2) is 0 Å². The van der Waals surface area contributed by atoms with Crippen molar-refractivity contribution in [2.24, 2.45) is 0 Å². The fourth-order valence-electron chi connectivity index (χ4n) is 3.31. The predicted octanol–water partition coefficient (Wildman–Crippen LogP) is 3.83. The highest BCUT2D eigenvalue weighted by Crippen LogP contribution is 2.31. The van der Waals surface area contributed by atoms with Crippen LogP contribution in [0.25, 0.3) is 0 Å². The zero-order chi connectivity index (χ0) is 13.6. The lowest BCUT2D eigenvalue weighted by Crippen LogP contribution is -2.47. The molecule has 0 bridgehead atoms. The van der Waals surface area contributed by atoms with Crippen LogP contribution in [-0.2, 0) is 0 Å². The van der Waals surface area contributed by atoms with Crippen LogP contribution in [0.15, 0.2) is 30.3 Å². The van der Waals surface area contributed by atoms with Crippen LogP contribution in [0.2, 0.25) is 0 Å². The average Bonchev–Trinajstić information content (AvgIpc) is 2.50. The van der Waals surface area contributed by atoms with Crippen LogP contribution in [0, 0.1) is 0 Å². The Bertz CT molecular complexity index is 355. The van der Waals surface area contributed by atoms with E-state index in [2.05, 4.69) is 54.5 Å². The van der Waals surface area contributed by atoms with E-state index in [4.69, 9.17) is 0 Å². The first-order valence-electron chi connectivity index (χ1n) is 7.78. The van der Waals surface area contributed by atoms with E-state index >= 15 is 0 Å². The van der Waals surface area contributed by atoms with E-state index < -0.39 is 0 Å². The molecule has 1 aliphatic rings. The van der Waals surface area contributed by atoms with Gasteiger partial charge in [-0.1, -0.05) is 37.5 Å². The number of rotatable bonds is 6. The summed E-state index contributed by atoms with van der Waals surface area (Å²) in [6, 6.07) is 10.8. The highest BCUT2D eigenvalue weighted by molar-refractivity contribution is 5.45. The van der Waals surface area contributed by atoms with E-state index in [-0.39, 0.29) is 0 Å². The van der Waals surface area contributed by atoms with Gasteiger partial charge in [0.2, 0.25) is 0 Å². The van der Waals surface area contributed by atoms with Crippen molar-refractivity contribution in [1.29, 1.82) is 0 Å². The second-order valence-corrected chi connectivity index (χ2v) is 5.76. The SMILES string of the molecule is CCN(CCC1(NC)CCCCC1)c1ccccc1. The molecule has 0 unspecified atom stereocenters. The molecule has 2 heteroatoms. The minimum Gasteiger partial charge on any atom is -0.372 e. The molecule has 106 valence electrons. The monoisotopic (exact) mass is 260 g/mol. The van der Waals surface area contributed by atoms with Gasteiger partial charge in [-0.15, -0.1) is 0 Å². The van der Waals surface area contributed by atoms with Crippen molar-refractivity contribution >= 4 is 5.69 Å². The molecule has 0 spiro atoms. The van der Waals surface area contributed by atoms with Crippen LogP contribution in [-0.4, -0.2) is 25.7 Å². The molecule has 0 amide bonds. The van der Waals surface area contributed by atoms with Gasteiger partial charge in [-0.3, -0.25) is 0 Å². The fraction of sp³-hybridized carbons (Fsp3) is 0.647. The summed E-state index contributed by atoms with van der Waals surface area (Å²) in [4.78, 5) is 2.49. The molecule has 0 aliphatic heterocycles. The van der Waals surface area contributed by atoms with Gasteiger partial charge in [0.25, 0.3) is 0 Å². The van der Waals surface area contributed by atoms with Gasteiger partial charge in [-0.05, 0) is 45.4 Å². The average molecular weight is 260 g/mol. The molecule has 2 nitrogen and oxygen atoms in total. The summed E-state index contributed by atoms with van der Waals surface area (Å²) < 4.78 is 0. The van der Waals surface area contributed by atoms with Crippen LogP contribution < -0.4 is 10.2 Å². The van der Waals surface area contributed by atoms with Crippen molar-refractivity contribution < 1.29 is 0 Å². The summed E-state index contributed by atoms with van der Waals surface area (Å²) in [6.45, 7) is 4.49. The zero-order valence-corrected chi connectivity index (χ0v) is 12.5. The first kappa shape index (κ1) is 14.4. The first-order valence-corrected chi connectivity index (χ1v) is 7.78. The second kappa shape index (κ2) is 6.95. The third-order valence-corrected chi connectivity index (χ3v) is 4.70. The molecule has 1 aromatic rings. The molecule has 0 radical (unpaired) electrons. The van der Waals surface area contributed by atoms with E-state index in [9.17, 15) is 0 Å². The van der Waals surface area contributed by atoms with Gasteiger partial charge < -0.3 is 10.2 Å². The number of nitrogens with one attached hydrogen (secondary N) is 1. The third-order valence-electron chi connectivity index (χ3n) is 4.70. The van der Waals surface area contributed by atoms with Gasteiger partial charge in [0, 0.05) is 24.3 Å². The van der Waals surface area contributed by atoms with Gasteiger partial charge in [0.1, 0.15) is 0 Å². The smallest absolute Gasteiger partial charge is 0.0366 e. The van der Waals surface area contributed by atoms with Crippen LogP contribution in [0.4, 0.5) is 5.69 Å². The molecule has 1 aliphatic carbocycles. The van der Waals surface area contributed by atoms with E-state index in [1.807, 2.05) is 0 Å². The predicted molar refractivity (Wildman–Crippen MR) is 83.8 cm³/mol. The van der Waals surface area contributed by atoms with Crippen molar-refractivity contribution in [3.8, 4) is 0 Å². The van der Waals surface area contributed by atoms with Crippen molar-refractivity contribution in [3.63, 3.8) is 0 Å². The Balaban J connectivity index is 1.95. The van der Waals surface area contributed by atoms with Crippen LogP contribution in [0.3, 0.4) is 0 Å². The van der Waals surface area contributed by atoms with Crippen LogP contribution >= 0.6 is 0 Å². The van der Waals surface area contributed by atoms with E-state index in [1.54, 1.807) is 0 Å². The topological polar surface area (TPSA) is 15.3 Å². The maximum atomic E-state index is 3.62. The Morgan fingerprint density at radius 3 is 2.37 bits per heavy atom. The first-order chi connectivity index (χ1) is 9.29. The summed E-state index contributed by atoms with van der Waals surface area (Å²) >= 11 is 0. The molecule has 2 rings (SSSR count). The molecule has 0 heterocycles. The fourth-order valence-corrected chi connectivity index (χ4v) is 3.31. The number of benzene rings is 1. The van der Waals surface area contributed by atoms with Gasteiger partial charge in [-0.2, -0.15) is 0 Å².